The van der Waals surface area contributed by atoms with Crippen LogP contribution in [0.15, 0.2) is 29.0 Å². The normalized spacial score (nSPS) is 12.0. The molecule has 1 aromatic heterocycles. The van der Waals surface area contributed by atoms with Gasteiger partial charge in [0.05, 0.1) is 11.0 Å². The Hall–Kier alpha value is -0.566. The summed E-state index contributed by atoms with van der Waals surface area (Å²) in [6.07, 6.45) is 0. The van der Waals surface area contributed by atoms with Crippen LogP contribution in [-0.2, 0) is 21.7 Å². The van der Waals surface area contributed by atoms with Crippen LogP contribution < -0.4 is 5.62 Å². The Balaban J connectivity index is -0.00000182. The fourth-order valence-corrected chi connectivity index (χ4v) is 6.82. The minimum absolute atomic E-state index is 0. The topological polar surface area (TPSA) is 44.5 Å². The van der Waals surface area contributed by atoms with Crippen molar-refractivity contribution in [3.05, 3.63) is 57.3 Å². The molecule has 0 saturated heterocycles. The maximum atomic E-state index is 11.9. The van der Waals surface area contributed by atoms with Crippen LogP contribution in [0.5, 0.6) is 0 Å². The summed E-state index contributed by atoms with van der Waals surface area (Å²) in [4.78, 5) is 0. The first kappa shape index (κ1) is 34.1. The molecule has 0 unspecified atom stereocenters. The van der Waals surface area contributed by atoms with Crippen LogP contribution in [0.2, 0.25) is 0 Å². The molecule has 4 nitrogen and oxygen atoms in total. The standard InChI is InChI=1S/C21H36N4P.3CH3.Ti/c1-15(2)24-17-13-11-12-14-18(17)25(16(3)4)19(24)23-26(22,20(5,6)7)21(8,9)10;;;;/h11-16H,1-10H3;3*1H3;/q4*-1;+4. The molecule has 170 valence electrons. The van der Waals surface area contributed by atoms with Crippen LogP contribution in [0.1, 0.15) is 81.3 Å². The van der Waals surface area contributed by atoms with Crippen LogP contribution in [0.3, 0.4) is 0 Å². The minimum atomic E-state index is -2.66. The largest absolute Gasteiger partial charge is 4.00 e. The molecule has 0 saturated carbocycles. The molecule has 0 spiro atoms. The van der Waals surface area contributed by atoms with E-state index in [2.05, 4.69) is 103 Å². The van der Waals surface area contributed by atoms with E-state index in [9.17, 15) is 5.16 Å². The van der Waals surface area contributed by atoms with Gasteiger partial charge in [0.1, 0.15) is 0 Å². The predicted molar refractivity (Wildman–Crippen MR) is 135 cm³/mol. The molecule has 0 aliphatic carbocycles. The quantitative estimate of drug-likeness (QED) is 0.248. The average Bonchev–Trinajstić information content (AvgIpc) is 2.78. The van der Waals surface area contributed by atoms with Gasteiger partial charge < -0.3 is 36.6 Å². The van der Waals surface area contributed by atoms with E-state index in [1.54, 1.807) is 0 Å². The molecule has 0 N–H and O–H groups in total. The Bertz CT molecular complexity index is 840. The molecular weight excluding hydrogens is 423 g/mol. The van der Waals surface area contributed by atoms with Crippen LogP contribution in [0.4, 0.5) is 0 Å². The smallest absolute Gasteiger partial charge is 0.789 e. The molecular formula is C24H45N4PTi. The number of fused-ring (bicyclic) bond motifs is 1. The zero-order valence-electron chi connectivity index (χ0n) is 21.7. The molecule has 2 aromatic rings. The van der Waals surface area contributed by atoms with Crippen LogP contribution >= 0.6 is 7.21 Å². The van der Waals surface area contributed by atoms with Gasteiger partial charge in [-0.05, 0) is 50.1 Å². The summed E-state index contributed by atoms with van der Waals surface area (Å²) < 4.78 is 9.76. The van der Waals surface area contributed by atoms with Crippen molar-refractivity contribution in [3.8, 4) is 0 Å². The van der Waals surface area contributed by atoms with E-state index in [1.807, 2.05) is 0 Å². The van der Waals surface area contributed by atoms with E-state index in [4.69, 9.17) is 4.76 Å². The molecule has 0 aliphatic rings. The van der Waals surface area contributed by atoms with E-state index >= 15 is 0 Å². The average molecular weight is 468 g/mol. The van der Waals surface area contributed by atoms with Gasteiger partial charge in [-0.2, -0.15) is 0 Å². The van der Waals surface area contributed by atoms with Gasteiger partial charge >= 0.3 is 21.7 Å². The fraction of sp³-hybridized carbons (Fsp3) is 0.583. The second-order valence-electron chi connectivity index (χ2n) is 9.76. The number of benzene rings is 1. The summed E-state index contributed by atoms with van der Waals surface area (Å²) >= 11 is 0. The van der Waals surface area contributed by atoms with Crippen molar-refractivity contribution in [3.63, 3.8) is 0 Å². The minimum Gasteiger partial charge on any atom is -0.789 e. The van der Waals surface area contributed by atoms with Gasteiger partial charge in [0.25, 0.3) is 0 Å². The second-order valence-corrected chi connectivity index (χ2v) is 13.8. The number of nitrogens with zero attached hydrogens (tertiary/aromatic N) is 4. The third-order valence-electron chi connectivity index (χ3n) is 4.97. The maximum Gasteiger partial charge on any atom is 4.00 e. The van der Waals surface area contributed by atoms with Crippen LogP contribution in [0, 0.1) is 22.3 Å². The zero-order chi connectivity index (χ0) is 20.1. The second kappa shape index (κ2) is 11.3. The first-order valence-electron chi connectivity index (χ1n) is 9.62. The maximum absolute atomic E-state index is 11.9. The SMILES string of the molecule is CC(C)n1c(=NP(=[N-])(C(C)(C)C)C(C)(C)C)n(C(C)C)c2ccccc21.[CH3-].[CH3-].[CH3-].[Ti+4]. The number of imidazole rings is 1. The molecule has 0 aliphatic heterocycles. The monoisotopic (exact) mass is 468 g/mol. The van der Waals surface area contributed by atoms with Crippen molar-refractivity contribution >= 4 is 18.2 Å². The van der Waals surface area contributed by atoms with Crippen molar-refractivity contribution in [1.82, 2.24) is 9.13 Å². The van der Waals surface area contributed by atoms with Crippen LogP contribution in [-0.4, -0.2) is 19.4 Å². The molecule has 0 radical (unpaired) electrons. The summed E-state index contributed by atoms with van der Waals surface area (Å²) in [6.45, 7) is 21.4. The number of para-hydroxylation sites is 2. The molecule has 1 aromatic carbocycles. The van der Waals surface area contributed by atoms with Crippen molar-refractivity contribution in [2.24, 2.45) is 4.76 Å². The molecule has 30 heavy (non-hydrogen) atoms. The van der Waals surface area contributed by atoms with Gasteiger partial charge in [0, 0.05) is 12.1 Å². The molecule has 0 atom stereocenters. The van der Waals surface area contributed by atoms with Gasteiger partial charge in [-0.1, -0.05) is 53.7 Å². The van der Waals surface area contributed by atoms with E-state index in [0.717, 1.165) is 5.62 Å². The number of hydrogen-bond donors (Lipinski definition) is 0. The Kier molecular flexibility index (Phi) is 12.9. The Morgan fingerprint density at radius 3 is 1.30 bits per heavy atom. The number of aromatic nitrogens is 2. The van der Waals surface area contributed by atoms with Crippen molar-refractivity contribution in [2.45, 2.75) is 91.6 Å². The number of hydrogen-bond acceptors (Lipinski definition) is 0. The van der Waals surface area contributed by atoms with Gasteiger partial charge in [0.2, 0.25) is 5.62 Å². The van der Waals surface area contributed by atoms with Gasteiger partial charge in [-0.15, -0.1) is 7.21 Å². The Morgan fingerprint density at radius 1 is 0.767 bits per heavy atom. The summed E-state index contributed by atoms with van der Waals surface area (Å²) in [5, 5.41) is 11.3. The van der Waals surface area contributed by atoms with Gasteiger partial charge in [-0.3, -0.25) is 4.76 Å². The predicted octanol–water partition coefficient (Wildman–Crippen LogP) is 8.14. The third kappa shape index (κ3) is 5.81. The van der Waals surface area contributed by atoms with Crippen molar-refractivity contribution in [2.75, 3.05) is 0 Å². The number of rotatable bonds is 3. The van der Waals surface area contributed by atoms with Gasteiger partial charge in [0.15, 0.2) is 0 Å². The summed E-state index contributed by atoms with van der Waals surface area (Å²) in [5.41, 5.74) is 3.23. The summed E-state index contributed by atoms with van der Waals surface area (Å²) in [6, 6.07) is 8.96. The van der Waals surface area contributed by atoms with E-state index in [1.165, 1.54) is 11.0 Å². The molecule has 0 bridgehead atoms. The van der Waals surface area contributed by atoms with Crippen molar-refractivity contribution < 1.29 is 21.7 Å². The molecule has 6 heteroatoms. The first-order chi connectivity index (χ1) is 11.7. The van der Waals surface area contributed by atoms with E-state index < -0.39 is 7.21 Å². The Labute approximate surface area is 202 Å². The van der Waals surface area contributed by atoms with Crippen LogP contribution in [0.25, 0.3) is 16.2 Å². The van der Waals surface area contributed by atoms with E-state index in [-0.39, 0.29) is 66.4 Å². The molecule has 0 fully saturated rings. The zero-order valence-corrected chi connectivity index (χ0v) is 24.2. The van der Waals surface area contributed by atoms with E-state index in [0.29, 0.717) is 0 Å². The summed E-state index contributed by atoms with van der Waals surface area (Å²) in [7, 11) is -2.66. The molecule has 2 rings (SSSR count). The fourth-order valence-electron chi connectivity index (χ4n) is 3.75. The Morgan fingerprint density at radius 2 is 1.07 bits per heavy atom. The molecule has 0 amide bonds. The van der Waals surface area contributed by atoms with Gasteiger partial charge in [-0.25, -0.2) is 0 Å². The third-order valence-corrected chi connectivity index (χ3v) is 9.18. The first-order valence-corrected chi connectivity index (χ1v) is 11.3. The van der Waals surface area contributed by atoms with Crippen molar-refractivity contribution in [1.29, 1.82) is 0 Å². The summed E-state index contributed by atoms with van der Waals surface area (Å²) in [5.74, 6) is 0. The molecule has 1 heterocycles.